The molecule has 2 fully saturated rings. The first-order valence-corrected chi connectivity index (χ1v) is 6.02. The highest BCUT2D eigenvalue weighted by atomic mass is 16.6. The van der Waals surface area contributed by atoms with Crippen molar-refractivity contribution in [1.82, 2.24) is 9.80 Å². The molecule has 4 heteroatoms. The fraction of sp³-hybridized carbons (Fsp3) is 0.917. The Hall–Kier alpha value is -0.770. The molecule has 0 aromatic heterocycles. The first kappa shape index (κ1) is 11.7. The molecule has 92 valence electrons. The van der Waals surface area contributed by atoms with Gasteiger partial charge in [-0.25, -0.2) is 4.79 Å². The third-order valence-electron chi connectivity index (χ3n) is 3.76. The minimum absolute atomic E-state index is 0.163. The van der Waals surface area contributed by atoms with Crippen molar-refractivity contribution in [1.29, 1.82) is 0 Å². The van der Waals surface area contributed by atoms with Crippen molar-refractivity contribution in [2.75, 3.05) is 26.7 Å². The molecule has 0 aromatic carbocycles. The molecule has 4 nitrogen and oxygen atoms in total. The number of ether oxygens (including phenoxy) is 1. The Morgan fingerprint density at radius 1 is 1.25 bits per heavy atom. The van der Waals surface area contributed by atoms with Crippen LogP contribution in [0, 0.1) is 0 Å². The van der Waals surface area contributed by atoms with Crippen molar-refractivity contribution in [3.05, 3.63) is 0 Å². The molecule has 2 aliphatic heterocycles. The molecule has 16 heavy (non-hydrogen) atoms. The first-order valence-electron chi connectivity index (χ1n) is 6.02. The van der Waals surface area contributed by atoms with Gasteiger partial charge in [-0.1, -0.05) is 0 Å². The van der Waals surface area contributed by atoms with Gasteiger partial charge in [0.25, 0.3) is 0 Å². The number of rotatable bonds is 0. The molecule has 2 rings (SSSR count). The van der Waals surface area contributed by atoms with Gasteiger partial charge in [-0.3, -0.25) is 4.90 Å². The van der Waals surface area contributed by atoms with Crippen LogP contribution in [0.1, 0.15) is 33.6 Å². The van der Waals surface area contributed by atoms with Crippen LogP contribution in [0.15, 0.2) is 0 Å². The van der Waals surface area contributed by atoms with E-state index in [-0.39, 0.29) is 17.2 Å². The molecule has 1 spiro atoms. The number of piperidine rings is 1. The van der Waals surface area contributed by atoms with Crippen LogP contribution in [0.25, 0.3) is 0 Å². The zero-order valence-corrected chi connectivity index (χ0v) is 10.7. The summed E-state index contributed by atoms with van der Waals surface area (Å²) in [5, 5.41) is 0. The van der Waals surface area contributed by atoms with Gasteiger partial charge in [0.2, 0.25) is 0 Å². The maximum atomic E-state index is 11.4. The number of hydrogen-bond donors (Lipinski definition) is 0. The summed E-state index contributed by atoms with van der Waals surface area (Å²) in [6, 6.07) is 0. The highest BCUT2D eigenvalue weighted by Crippen LogP contribution is 2.34. The fourth-order valence-electron chi connectivity index (χ4n) is 2.64. The fourth-order valence-corrected chi connectivity index (χ4v) is 2.64. The Bertz CT molecular complexity index is 288. The summed E-state index contributed by atoms with van der Waals surface area (Å²) >= 11 is 0. The van der Waals surface area contributed by atoms with Gasteiger partial charge < -0.3 is 9.64 Å². The third kappa shape index (κ3) is 2.03. The summed E-state index contributed by atoms with van der Waals surface area (Å²) in [4.78, 5) is 15.6. The largest absolute Gasteiger partial charge is 0.441 e. The van der Waals surface area contributed by atoms with Gasteiger partial charge in [0, 0.05) is 38.5 Å². The normalized spacial score (nSPS) is 26.2. The molecule has 2 saturated heterocycles. The summed E-state index contributed by atoms with van der Waals surface area (Å²) < 4.78 is 5.52. The monoisotopic (exact) mass is 226 g/mol. The van der Waals surface area contributed by atoms with Crippen LogP contribution in [-0.4, -0.2) is 53.7 Å². The smallest absolute Gasteiger partial charge is 0.410 e. The molecule has 0 N–H and O–H groups in total. The zero-order chi connectivity index (χ0) is 12.0. The maximum Gasteiger partial charge on any atom is 0.410 e. The second kappa shape index (κ2) is 3.62. The van der Waals surface area contributed by atoms with Crippen LogP contribution in [-0.2, 0) is 4.74 Å². The van der Waals surface area contributed by atoms with E-state index >= 15 is 0 Å². The number of likely N-dealkylation sites (N-methyl/N-ethyl adjacent to an activating group) is 1. The van der Waals surface area contributed by atoms with Gasteiger partial charge >= 0.3 is 6.09 Å². The Balaban J connectivity index is 1.98. The lowest BCUT2D eigenvalue weighted by Crippen LogP contribution is -2.52. The second-order valence-electron chi connectivity index (χ2n) is 6.06. The van der Waals surface area contributed by atoms with Gasteiger partial charge in [-0.05, 0) is 20.8 Å². The molecular weight excluding hydrogens is 204 g/mol. The summed E-state index contributed by atoms with van der Waals surface area (Å²) in [5.41, 5.74) is 0.0176. The molecule has 1 amide bonds. The number of carbonyl (C=O) groups excluding carboxylic acids is 1. The van der Waals surface area contributed by atoms with E-state index in [2.05, 4.69) is 25.7 Å². The highest BCUT2D eigenvalue weighted by molar-refractivity contribution is 5.70. The maximum absolute atomic E-state index is 11.4. The average molecular weight is 226 g/mol. The number of amides is 1. The van der Waals surface area contributed by atoms with E-state index in [1.807, 2.05) is 7.05 Å². The lowest BCUT2D eigenvalue weighted by molar-refractivity contribution is -0.0219. The molecule has 2 aliphatic rings. The van der Waals surface area contributed by atoms with Crippen molar-refractivity contribution in [2.45, 2.75) is 44.8 Å². The summed E-state index contributed by atoms with van der Waals surface area (Å²) in [6.07, 6.45) is 1.75. The molecule has 0 atom stereocenters. The van der Waals surface area contributed by atoms with Crippen LogP contribution < -0.4 is 0 Å². The van der Waals surface area contributed by atoms with Gasteiger partial charge in [0.05, 0.1) is 6.54 Å². The SMILES string of the molecule is CN1CC2(CCN(C(C)(C)C)CC2)OC1=O. The summed E-state index contributed by atoms with van der Waals surface area (Å²) in [7, 11) is 1.81. The quantitative estimate of drug-likeness (QED) is 0.630. The lowest BCUT2D eigenvalue weighted by Gasteiger charge is -2.43. The molecule has 0 aliphatic carbocycles. The second-order valence-corrected chi connectivity index (χ2v) is 6.06. The van der Waals surface area contributed by atoms with E-state index < -0.39 is 0 Å². The van der Waals surface area contributed by atoms with E-state index in [0.29, 0.717) is 0 Å². The first-order chi connectivity index (χ1) is 7.32. The predicted molar refractivity (Wildman–Crippen MR) is 62.4 cm³/mol. The Morgan fingerprint density at radius 2 is 1.81 bits per heavy atom. The van der Waals surface area contributed by atoms with Crippen molar-refractivity contribution in [2.24, 2.45) is 0 Å². The number of hydrogen-bond acceptors (Lipinski definition) is 3. The summed E-state index contributed by atoms with van der Waals surface area (Å²) in [5.74, 6) is 0. The van der Waals surface area contributed by atoms with Crippen LogP contribution >= 0.6 is 0 Å². The van der Waals surface area contributed by atoms with Crippen molar-refractivity contribution < 1.29 is 9.53 Å². The van der Waals surface area contributed by atoms with E-state index in [1.165, 1.54) is 0 Å². The molecule has 0 aromatic rings. The van der Waals surface area contributed by atoms with Gasteiger partial charge in [-0.2, -0.15) is 0 Å². The molecule has 0 unspecified atom stereocenters. The van der Waals surface area contributed by atoms with Crippen LogP contribution in [0.2, 0.25) is 0 Å². The third-order valence-corrected chi connectivity index (χ3v) is 3.76. The Kier molecular flexibility index (Phi) is 2.65. The Labute approximate surface area is 97.5 Å². The van der Waals surface area contributed by atoms with Crippen LogP contribution in [0.4, 0.5) is 4.79 Å². The van der Waals surface area contributed by atoms with E-state index in [9.17, 15) is 4.79 Å². The minimum atomic E-state index is -0.201. The van der Waals surface area contributed by atoms with E-state index in [4.69, 9.17) is 4.74 Å². The zero-order valence-electron chi connectivity index (χ0n) is 10.7. The van der Waals surface area contributed by atoms with Crippen molar-refractivity contribution >= 4 is 6.09 Å². The standard InChI is InChI=1S/C12H22N2O2/c1-11(2,3)14-7-5-12(6-8-14)9-13(4)10(15)16-12/h5-9H2,1-4H3. The number of carbonyl (C=O) groups is 1. The summed E-state index contributed by atoms with van der Waals surface area (Å²) in [6.45, 7) is 9.49. The van der Waals surface area contributed by atoms with Gasteiger partial charge in [-0.15, -0.1) is 0 Å². The Morgan fingerprint density at radius 3 is 2.19 bits per heavy atom. The van der Waals surface area contributed by atoms with Crippen molar-refractivity contribution in [3.63, 3.8) is 0 Å². The number of nitrogens with zero attached hydrogens (tertiary/aromatic N) is 2. The van der Waals surface area contributed by atoms with Crippen LogP contribution in [0.3, 0.4) is 0 Å². The average Bonchev–Trinajstić information content (AvgIpc) is 2.41. The number of likely N-dealkylation sites (tertiary alicyclic amines) is 1. The highest BCUT2D eigenvalue weighted by Gasteiger charge is 2.46. The predicted octanol–water partition coefficient (Wildman–Crippen LogP) is 1.70. The van der Waals surface area contributed by atoms with E-state index in [0.717, 1.165) is 32.5 Å². The molecular formula is C12H22N2O2. The van der Waals surface area contributed by atoms with Gasteiger partial charge in [0.15, 0.2) is 0 Å². The van der Waals surface area contributed by atoms with Crippen LogP contribution in [0.5, 0.6) is 0 Å². The lowest BCUT2D eigenvalue weighted by atomic mass is 9.89. The van der Waals surface area contributed by atoms with E-state index in [1.54, 1.807) is 4.90 Å². The van der Waals surface area contributed by atoms with Gasteiger partial charge in [0.1, 0.15) is 5.60 Å². The molecule has 0 saturated carbocycles. The molecule has 0 bridgehead atoms. The topological polar surface area (TPSA) is 32.8 Å². The molecule has 0 radical (unpaired) electrons. The minimum Gasteiger partial charge on any atom is -0.441 e. The van der Waals surface area contributed by atoms with Crippen molar-refractivity contribution in [3.8, 4) is 0 Å². The molecule has 2 heterocycles.